The van der Waals surface area contributed by atoms with E-state index in [2.05, 4.69) is 10.6 Å². The minimum Gasteiger partial charge on any atom is -0.368 e. The summed E-state index contributed by atoms with van der Waals surface area (Å²) < 4.78 is 0. The number of hydrogen-bond donors (Lipinski definition) is 3. The van der Waals surface area contributed by atoms with Crippen LogP contribution in [0.3, 0.4) is 0 Å². The zero-order valence-corrected chi connectivity index (χ0v) is 12.6. The summed E-state index contributed by atoms with van der Waals surface area (Å²) in [7, 11) is 0. The van der Waals surface area contributed by atoms with Gasteiger partial charge in [-0.25, -0.2) is 0 Å². The average molecular weight is 320 g/mol. The van der Waals surface area contributed by atoms with E-state index in [0.717, 1.165) is 11.3 Å². The maximum Gasteiger partial charge on any atom is 0.244 e. The summed E-state index contributed by atoms with van der Waals surface area (Å²) in [6.07, 6.45) is 0. The van der Waals surface area contributed by atoms with Crippen molar-refractivity contribution in [3.63, 3.8) is 0 Å². The van der Waals surface area contributed by atoms with Gasteiger partial charge in [-0.05, 0) is 42.0 Å². The van der Waals surface area contributed by atoms with Crippen molar-refractivity contribution < 1.29 is 4.79 Å². The Bertz CT molecular complexity index is 631. The molecule has 2 rings (SSSR count). The number of primary amides is 1. The Morgan fingerprint density at radius 2 is 1.71 bits per heavy atom. The van der Waals surface area contributed by atoms with E-state index in [1.807, 2.05) is 30.3 Å². The number of hydrogen-bond acceptors (Lipinski definition) is 2. The van der Waals surface area contributed by atoms with Crippen molar-refractivity contribution >= 4 is 40.5 Å². The molecule has 0 radical (unpaired) electrons. The van der Waals surface area contributed by atoms with Crippen LogP contribution in [-0.2, 0) is 4.79 Å². The number of halogens is 1. The number of benzene rings is 2. The van der Waals surface area contributed by atoms with Crippen LogP contribution in [0.15, 0.2) is 54.6 Å². The van der Waals surface area contributed by atoms with E-state index in [9.17, 15) is 4.79 Å². The highest BCUT2D eigenvalue weighted by molar-refractivity contribution is 7.80. The third-order valence-corrected chi connectivity index (χ3v) is 3.27. The molecule has 0 aliphatic heterocycles. The number of carbonyl (C=O) groups excluding carboxylic acids is 1. The van der Waals surface area contributed by atoms with Gasteiger partial charge < -0.3 is 16.4 Å². The summed E-state index contributed by atoms with van der Waals surface area (Å²) in [4.78, 5) is 11.6. The van der Waals surface area contributed by atoms with Crippen LogP contribution < -0.4 is 16.4 Å². The van der Waals surface area contributed by atoms with E-state index in [1.165, 1.54) is 0 Å². The molecule has 4 nitrogen and oxygen atoms in total. The summed E-state index contributed by atoms with van der Waals surface area (Å²) in [5, 5.41) is 6.83. The molecule has 0 bridgehead atoms. The lowest BCUT2D eigenvalue weighted by Crippen LogP contribution is -2.39. The number of carbonyl (C=O) groups is 1. The van der Waals surface area contributed by atoms with Gasteiger partial charge in [-0.2, -0.15) is 0 Å². The monoisotopic (exact) mass is 319 g/mol. The van der Waals surface area contributed by atoms with Gasteiger partial charge in [0.1, 0.15) is 6.04 Å². The van der Waals surface area contributed by atoms with Crippen LogP contribution in [0.25, 0.3) is 0 Å². The molecule has 1 atom stereocenters. The lowest BCUT2D eigenvalue weighted by molar-refractivity contribution is -0.119. The molecule has 0 saturated carbocycles. The summed E-state index contributed by atoms with van der Waals surface area (Å²) in [5.41, 5.74) is 6.95. The lowest BCUT2D eigenvalue weighted by Gasteiger charge is -2.18. The first-order valence-corrected chi connectivity index (χ1v) is 7.02. The lowest BCUT2D eigenvalue weighted by atomic mass is 10.1. The summed E-state index contributed by atoms with van der Waals surface area (Å²) in [6, 6.07) is 15.6. The number of nitrogens with one attached hydrogen (secondary N) is 2. The molecule has 2 aromatic carbocycles. The fraction of sp³-hybridized carbons (Fsp3) is 0.0667. The van der Waals surface area contributed by atoms with Crippen molar-refractivity contribution in [2.24, 2.45) is 5.73 Å². The first-order chi connectivity index (χ1) is 10.1. The Morgan fingerprint density at radius 1 is 1.10 bits per heavy atom. The second kappa shape index (κ2) is 7.06. The molecule has 4 N–H and O–H groups in total. The zero-order valence-electron chi connectivity index (χ0n) is 11.0. The maximum atomic E-state index is 11.6. The van der Waals surface area contributed by atoms with E-state index in [0.29, 0.717) is 10.1 Å². The van der Waals surface area contributed by atoms with Crippen LogP contribution in [0.4, 0.5) is 5.69 Å². The Kier molecular flexibility index (Phi) is 5.14. The van der Waals surface area contributed by atoms with Gasteiger partial charge in [0.2, 0.25) is 5.91 Å². The van der Waals surface area contributed by atoms with E-state index >= 15 is 0 Å². The molecule has 0 aliphatic carbocycles. The van der Waals surface area contributed by atoms with E-state index in [4.69, 9.17) is 29.6 Å². The number of amides is 1. The predicted octanol–water partition coefficient (Wildman–Crippen LogP) is 2.85. The smallest absolute Gasteiger partial charge is 0.244 e. The van der Waals surface area contributed by atoms with Crippen LogP contribution in [0.5, 0.6) is 0 Å². The highest BCUT2D eigenvalue weighted by Gasteiger charge is 2.18. The fourth-order valence-electron chi connectivity index (χ4n) is 1.80. The van der Waals surface area contributed by atoms with E-state index < -0.39 is 11.9 Å². The van der Waals surface area contributed by atoms with Crippen LogP contribution in [0, 0.1) is 0 Å². The van der Waals surface area contributed by atoms with Crippen LogP contribution in [0.2, 0.25) is 5.02 Å². The van der Waals surface area contributed by atoms with Crippen LogP contribution in [-0.4, -0.2) is 11.0 Å². The first-order valence-electron chi connectivity index (χ1n) is 6.23. The number of thiocarbonyl (C=S) groups is 1. The third kappa shape index (κ3) is 4.44. The second-order valence-electron chi connectivity index (χ2n) is 4.35. The molecule has 1 amide bonds. The van der Waals surface area contributed by atoms with Crippen molar-refractivity contribution in [1.82, 2.24) is 5.32 Å². The standard InChI is InChI=1S/C15H14ClN3OS/c16-11-6-8-12(9-7-11)18-15(21)19-13(14(17)20)10-4-2-1-3-5-10/h1-9,13H,(H2,17,20)(H2,18,19,21). The highest BCUT2D eigenvalue weighted by Crippen LogP contribution is 2.15. The predicted molar refractivity (Wildman–Crippen MR) is 89.2 cm³/mol. The van der Waals surface area contributed by atoms with Crippen LogP contribution in [0.1, 0.15) is 11.6 Å². The molecular formula is C15H14ClN3OS. The van der Waals surface area contributed by atoms with E-state index in [1.54, 1.807) is 24.3 Å². The van der Waals surface area contributed by atoms with Crippen LogP contribution >= 0.6 is 23.8 Å². The fourth-order valence-corrected chi connectivity index (χ4v) is 2.16. The highest BCUT2D eigenvalue weighted by atomic mass is 35.5. The quantitative estimate of drug-likeness (QED) is 0.758. The molecule has 21 heavy (non-hydrogen) atoms. The molecule has 0 heterocycles. The minimum absolute atomic E-state index is 0.310. The molecule has 6 heteroatoms. The van der Waals surface area contributed by atoms with Crippen molar-refractivity contribution in [2.45, 2.75) is 6.04 Å². The zero-order chi connectivity index (χ0) is 15.2. The summed E-state index contributed by atoms with van der Waals surface area (Å²) in [6.45, 7) is 0. The van der Waals surface area contributed by atoms with Crippen molar-refractivity contribution in [2.75, 3.05) is 5.32 Å². The average Bonchev–Trinajstić information content (AvgIpc) is 2.48. The van der Waals surface area contributed by atoms with Gasteiger partial charge in [0.05, 0.1) is 0 Å². The maximum absolute atomic E-state index is 11.6. The van der Waals surface area contributed by atoms with Gasteiger partial charge in [-0.15, -0.1) is 0 Å². The van der Waals surface area contributed by atoms with Crippen molar-refractivity contribution in [1.29, 1.82) is 0 Å². The molecule has 0 fully saturated rings. The molecule has 108 valence electrons. The summed E-state index contributed by atoms with van der Waals surface area (Å²) >= 11 is 11.0. The Hall–Kier alpha value is -2.11. The van der Waals surface area contributed by atoms with Gasteiger partial charge >= 0.3 is 0 Å². The Labute approximate surface area is 133 Å². The van der Waals surface area contributed by atoms with Crippen molar-refractivity contribution in [3.05, 3.63) is 65.2 Å². The number of anilines is 1. The second-order valence-corrected chi connectivity index (χ2v) is 5.20. The summed E-state index contributed by atoms with van der Waals surface area (Å²) in [5.74, 6) is -0.499. The largest absolute Gasteiger partial charge is 0.368 e. The Morgan fingerprint density at radius 3 is 2.29 bits per heavy atom. The van der Waals surface area contributed by atoms with Gasteiger partial charge in [-0.3, -0.25) is 4.79 Å². The normalized spacial score (nSPS) is 11.5. The molecule has 1 unspecified atom stereocenters. The van der Waals surface area contributed by atoms with Gasteiger partial charge in [0.25, 0.3) is 0 Å². The Balaban J connectivity index is 2.05. The van der Waals surface area contributed by atoms with Gasteiger partial charge in [0, 0.05) is 10.7 Å². The number of nitrogens with two attached hydrogens (primary N) is 1. The van der Waals surface area contributed by atoms with Crippen molar-refractivity contribution in [3.8, 4) is 0 Å². The number of rotatable bonds is 4. The van der Waals surface area contributed by atoms with E-state index in [-0.39, 0.29) is 0 Å². The molecule has 0 aliphatic rings. The minimum atomic E-state index is -0.682. The molecule has 0 aromatic heterocycles. The SMILES string of the molecule is NC(=O)C(NC(=S)Nc1ccc(Cl)cc1)c1ccccc1. The van der Waals surface area contributed by atoms with Gasteiger partial charge in [0.15, 0.2) is 5.11 Å². The molecule has 0 spiro atoms. The van der Waals surface area contributed by atoms with Gasteiger partial charge in [-0.1, -0.05) is 41.9 Å². The molecule has 0 saturated heterocycles. The third-order valence-electron chi connectivity index (χ3n) is 2.79. The first kappa shape index (κ1) is 15.3. The molecule has 2 aromatic rings. The molecular weight excluding hydrogens is 306 g/mol. The topological polar surface area (TPSA) is 67.2 Å².